The highest BCUT2D eigenvalue weighted by Crippen LogP contribution is 2.34. The quantitative estimate of drug-likeness (QED) is 0.673. The summed E-state index contributed by atoms with van der Waals surface area (Å²) in [5.41, 5.74) is 4.27. The number of fused-ring (bicyclic) bond motifs is 1. The van der Waals surface area contributed by atoms with Crippen LogP contribution in [0.15, 0.2) is 30.5 Å². The minimum absolute atomic E-state index is 0.0223. The van der Waals surface area contributed by atoms with Crippen LogP contribution in [0.25, 0.3) is 10.1 Å². The lowest BCUT2D eigenvalue weighted by Crippen LogP contribution is -2.14. The summed E-state index contributed by atoms with van der Waals surface area (Å²) in [6, 6.07) is 6.27. The molecule has 3 N–H and O–H groups in total. The van der Waals surface area contributed by atoms with Crippen LogP contribution in [-0.2, 0) is 6.18 Å². The van der Waals surface area contributed by atoms with E-state index in [9.17, 15) is 17.6 Å². The highest BCUT2D eigenvalue weighted by Gasteiger charge is 2.34. The van der Waals surface area contributed by atoms with Crippen molar-refractivity contribution < 1.29 is 17.6 Å². The Morgan fingerprint density at radius 2 is 2.04 bits per heavy atom. The lowest BCUT2D eigenvalue weighted by molar-refractivity contribution is -0.137. The molecule has 24 heavy (non-hydrogen) atoms. The van der Waals surface area contributed by atoms with Gasteiger partial charge in [-0.3, -0.25) is 0 Å². The second kappa shape index (κ2) is 5.90. The average Bonchev–Trinajstić information content (AvgIpc) is 2.91. The lowest BCUT2D eigenvalue weighted by Gasteiger charge is -2.14. The van der Waals surface area contributed by atoms with Crippen molar-refractivity contribution in [3.05, 3.63) is 46.7 Å². The average molecular weight is 356 g/mol. The molecule has 1 atom stereocenters. The number of aromatic nitrogens is 2. The van der Waals surface area contributed by atoms with E-state index in [1.807, 2.05) is 6.07 Å². The molecule has 9 heteroatoms. The second-order valence-electron chi connectivity index (χ2n) is 5.16. The van der Waals surface area contributed by atoms with Gasteiger partial charge < -0.3 is 11.1 Å². The Balaban J connectivity index is 1.85. The van der Waals surface area contributed by atoms with E-state index in [0.29, 0.717) is 10.9 Å². The molecule has 0 fully saturated rings. The summed E-state index contributed by atoms with van der Waals surface area (Å²) in [5.74, 6) is -0.980. The molecule has 0 radical (unpaired) electrons. The van der Waals surface area contributed by atoms with Crippen molar-refractivity contribution in [3.63, 3.8) is 0 Å². The number of hydrogen-bond donors (Lipinski definition) is 2. The van der Waals surface area contributed by atoms with Crippen LogP contribution >= 0.6 is 11.3 Å². The van der Waals surface area contributed by atoms with Gasteiger partial charge in [0.25, 0.3) is 0 Å². The first-order chi connectivity index (χ1) is 11.3. The number of nitrogens with zero attached hydrogens (tertiary/aromatic N) is 2. The molecular formula is C15H12F4N4S. The van der Waals surface area contributed by atoms with Gasteiger partial charge in [-0.1, -0.05) is 12.1 Å². The highest BCUT2D eigenvalue weighted by molar-refractivity contribution is 7.19. The van der Waals surface area contributed by atoms with Gasteiger partial charge >= 0.3 is 6.18 Å². The van der Waals surface area contributed by atoms with Crippen molar-refractivity contribution in [2.45, 2.75) is 19.1 Å². The minimum Gasteiger partial charge on any atom is -0.383 e. The molecule has 0 bridgehead atoms. The van der Waals surface area contributed by atoms with Crippen LogP contribution in [0.2, 0.25) is 0 Å². The zero-order valence-corrected chi connectivity index (χ0v) is 13.2. The summed E-state index contributed by atoms with van der Waals surface area (Å²) in [6.45, 7) is 1.78. The summed E-state index contributed by atoms with van der Waals surface area (Å²) in [7, 11) is 0. The van der Waals surface area contributed by atoms with Gasteiger partial charge in [0.15, 0.2) is 0 Å². The van der Waals surface area contributed by atoms with Gasteiger partial charge in [-0.15, -0.1) is 11.3 Å². The molecule has 0 amide bonds. The third kappa shape index (κ3) is 3.12. The number of thiophene rings is 1. The maximum absolute atomic E-state index is 13.7. The molecular weight excluding hydrogens is 344 g/mol. The molecule has 0 aliphatic rings. The van der Waals surface area contributed by atoms with Crippen molar-refractivity contribution in [1.29, 1.82) is 0 Å². The summed E-state index contributed by atoms with van der Waals surface area (Å²) >= 11 is 1.26. The van der Waals surface area contributed by atoms with Gasteiger partial charge in [-0.25, -0.2) is 9.37 Å². The summed E-state index contributed by atoms with van der Waals surface area (Å²) in [4.78, 5) is 8.10. The van der Waals surface area contributed by atoms with E-state index >= 15 is 0 Å². The number of hydrogen-bond acceptors (Lipinski definition) is 5. The fourth-order valence-corrected chi connectivity index (χ4v) is 3.28. The van der Waals surface area contributed by atoms with E-state index in [0.717, 1.165) is 10.3 Å². The van der Waals surface area contributed by atoms with E-state index in [1.165, 1.54) is 17.4 Å². The first-order valence-corrected chi connectivity index (χ1v) is 7.71. The maximum atomic E-state index is 13.7. The number of halogens is 4. The van der Waals surface area contributed by atoms with Gasteiger partial charge in [-0.05, 0) is 24.4 Å². The Bertz CT molecular complexity index is 891. The highest BCUT2D eigenvalue weighted by atomic mass is 32.1. The monoisotopic (exact) mass is 356 g/mol. The maximum Gasteiger partial charge on any atom is 0.421 e. The lowest BCUT2D eigenvalue weighted by atomic mass is 10.2. The molecule has 0 saturated carbocycles. The normalized spacial score (nSPS) is 13.2. The Hall–Kier alpha value is -2.42. The minimum atomic E-state index is -4.60. The third-order valence-electron chi connectivity index (χ3n) is 3.41. The summed E-state index contributed by atoms with van der Waals surface area (Å²) in [5, 5.41) is 3.64. The largest absolute Gasteiger partial charge is 0.421 e. The van der Waals surface area contributed by atoms with E-state index in [2.05, 4.69) is 15.3 Å². The van der Waals surface area contributed by atoms with Gasteiger partial charge in [0.2, 0.25) is 5.95 Å². The van der Waals surface area contributed by atoms with Crippen molar-refractivity contribution in [2.75, 3.05) is 11.1 Å². The van der Waals surface area contributed by atoms with Crippen molar-refractivity contribution in [3.8, 4) is 0 Å². The Morgan fingerprint density at radius 1 is 1.29 bits per heavy atom. The van der Waals surface area contributed by atoms with Crippen LogP contribution in [0.3, 0.4) is 0 Å². The third-order valence-corrected chi connectivity index (χ3v) is 4.75. The van der Waals surface area contributed by atoms with Gasteiger partial charge in [-0.2, -0.15) is 18.2 Å². The molecule has 4 nitrogen and oxygen atoms in total. The van der Waals surface area contributed by atoms with Crippen LogP contribution in [-0.4, -0.2) is 9.97 Å². The predicted octanol–water partition coefficient (Wildman–Crippen LogP) is 4.60. The van der Waals surface area contributed by atoms with Gasteiger partial charge in [0, 0.05) is 11.1 Å². The zero-order valence-electron chi connectivity index (χ0n) is 12.4. The molecule has 0 aliphatic carbocycles. The van der Waals surface area contributed by atoms with Crippen LogP contribution in [0, 0.1) is 5.82 Å². The molecule has 3 aromatic rings. The Labute approximate surface area is 138 Å². The molecule has 0 spiro atoms. The Morgan fingerprint density at radius 3 is 2.67 bits per heavy atom. The van der Waals surface area contributed by atoms with Crippen molar-refractivity contribution in [2.24, 2.45) is 0 Å². The number of anilines is 2. The van der Waals surface area contributed by atoms with Crippen molar-refractivity contribution in [1.82, 2.24) is 9.97 Å². The van der Waals surface area contributed by atoms with Gasteiger partial charge in [0.1, 0.15) is 17.2 Å². The number of nitrogens with two attached hydrogens (primary N) is 1. The second-order valence-corrected chi connectivity index (χ2v) is 6.25. The van der Waals surface area contributed by atoms with E-state index in [4.69, 9.17) is 5.73 Å². The molecule has 126 valence electrons. The predicted molar refractivity (Wildman–Crippen MR) is 85.3 cm³/mol. The first kappa shape index (κ1) is 16.4. The SMILES string of the molecule is CC(Nc1ncc(C(F)(F)F)c(N)n1)c1cc2cccc(F)c2s1. The summed E-state index contributed by atoms with van der Waals surface area (Å²) in [6.07, 6.45) is -3.96. The fourth-order valence-electron chi connectivity index (χ4n) is 2.21. The summed E-state index contributed by atoms with van der Waals surface area (Å²) < 4.78 is 52.2. The van der Waals surface area contributed by atoms with Crippen LogP contribution in [0.1, 0.15) is 23.4 Å². The Kier molecular flexibility index (Phi) is 4.04. The number of nitrogen functional groups attached to an aromatic ring is 1. The van der Waals surface area contributed by atoms with Gasteiger partial charge in [0.05, 0.1) is 10.7 Å². The van der Waals surface area contributed by atoms with E-state index in [1.54, 1.807) is 19.1 Å². The number of benzene rings is 1. The zero-order chi connectivity index (χ0) is 17.5. The molecule has 1 aromatic carbocycles. The van der Waals surface area contributed by atoms with E-state index < -0.39 is 17.6 Å². The number of alkyl halides is 3. The van der Waals surface area contributed by atoms with Crippen LogP contribution in [0.4, 0.5) is 29.3 Å². The molecule has 0 aliphatic heterocycles. The molecule has 0 saturated heterocycles. The number of nitrogens with one attached hydrogen (secondary N) is 1. The smallest absolute Gasteiger partial charge is 0.383 e. The molecule has 2 heterocycles. The van der Waals surface area contributed by atoms with E-state index in [-0.39, 0.29) is 17.8 Å². The first-order valence-electron chi connectivity index (χ1n) is 6.90. The molecule has 2 aromatic heterocycles. The van der Waals surface area contributed by atoms with Crippen LogP contribution < -0.4 is 11.1 Å². The molecule has 1 unspecified atom stereocenters. The standard InChI is InChI=1S/C15H12F4N4S/c1-7(11-5-8-3-2-4-10(16)12(8)24-11)22-14-21-6-9(13(20)23-14)15(17,18)19/h2-7H,1H3,(H3,20,21,22,23). The fraction of sp³-hybridized carbons (Fsp3) is 0.200. The number of rotatable bonds is 3. The van der Waals surface area contributed by atoms with Crippen molar-refractivity contribution >= 4 is 33.2 Å². The van der Waals surface area contributed by atoms with Crippen LogP contribution in [0.5, 0.6) is 0 Å². The topological polar surface area (TPSA) is 63.8 Å². The molecule has 3 rings (SSSR count).